The van der Waals surface area contributed by atoms with E-state index in [1.165, 1.54) is 24.3 Å². The first-order valence-electron chi connectivity index (χ1n) is 9.25. The Morgan fingerprint density at radius 2 is 1.93 bits per heavy atom. The molecule has 0 aliphatic carbocycles. The number of fused-ring (bicyclic) bond motifs is 1. The lowest BCUT2D eigenvalue weighted by molar-refractivity contribution is -0.127. The van der Waals surface area contributed by atoms with Gasteiger partial charge in [-0.25, -0.2) is 8.78 Å². The minimum Gasteiger partial charge on any atom is -0.354 e. The first kappa shape index (κ1) is 19.4. The lowest BCUT2D eigenvalue weighted by Gasteiger charge is -2.10. The molecular weight excluding hydrogens is 400 g/mol. The number of aryl methyl sites for hydroxylation is 1. The van der Waals surface area contributed by atoms with Crippen molar-refractivity contribution in [1.82, 2.24) is 15.6 Å². The van der Waals surface area contributed by atoms with Gasteiger partial charge in [0, 0.05) is 24.0 Å². The molecule has 0 radical (unpaired) electrons. The average molecular weight is 418 g/mol. The van der Waals surface area contributed by atoms with Gasteiger partial charge in [-0.15, -0.1) is 0 Å². The molecule has 8 heteroatoms. The van der Waals surface area contributed by atoms with E-state index in [0.29, 0.717) is 47.1 Å². The molecule has 1 fully saturated rings. The summed E-state index contributed by atoms with van der Waals surface area (Å²) in [5.74, 6) is -1.31. The molecule has 4 rings (SSSR count). The smallest absolute Gasteiger partial charge is 0.242 e. The molecule has 2 amide bonds. The standard InChI is InChI=1S/C21H18ClF2N3O2/c22-16-10-13(24)9-15-14(5-6-18(28)26-17-7-8-25-21(17)29)19(27-20(15)16)11-1-3-12(23)4-2-11/h1-4,9-10,17,27H,5-8H2,(H,25,29)(H,26,28). The molecule has 2 aromatic carbocycles. The number of hydrogen-bond donors (Lipinski definition) is 3. The summed E-state index contributed by atoms with van der Waals surface area (Å²) in [4.78, 5) is 27.2. The maximum atomic E-state index is 14.0. The van der Waals surface area contributed by atoms with Crippen molar-refractivity contribution in [2.75, 3.05) is 6.54 Å². The molecule has 29 heavy (non-hydrogen) atoms. The van der Waals surface area contributed by atoms with Crippen LogP contribution >= 0.6 is 11.6 Å². The Morgan fingerprint density at radius 3 is 2.62 bits per heavy atom. The lowest BCUT2D eigenvalue weighted by atomic mass is 10.0. The highest BCUT2D eigenvalue weighted by Gasteiger charge is 2.25. The molecule has 1 aromatic heterocycles. The van der Waals surface area contributed by atoms with Crippen molar-refractivity contribution in [2.45, 2.75) is 25.3 Å². The number of carbonyl (C=O) groups excluding carboxylic acids is 2. The van der Waals surface area contributed by atoms with Gasteiger partial charge in [-0.1, -0.05) is 11.6 Å². The van der Waals surface area contributed by atoms with Crippen molar-refractivity contribution in [3.05, 3.63) is 58.6 Å². The minimum absolute atomic E-state index is 0.110. The second kappa shape index (κ2) is 7.83. The molecule has 2 heterocycles. The van der Waals surface area contributed by atoms with E-state index >= 15 is 0 Å². The van der Waals surface area contributed by atoms with Crippen LogP contribution in [0.5, 0.6) is 0 Å². The fourth-order valence-corrected chi connectivity index (χ4v) is 3.89. The Kier molecular flexibility index (Phi) is 5.24. The van der Waals surface area contributed by atoms with Crippen LogP contribution in [0, 0.1) is 11.6 Å². The summed E-state index contributed by atoms with van der Waals surface area (Å²) in [5.41, 5.74) is 2.61. The zero-order chi connectivity index (χ0) is 20.5. The number of rotatable bonds is 5. The van der Waals surface area contributed by atoms with Crippen molar-refractivity contribution in [3.63, 3.8) is 0 Å². The van der Waals surface area contributed by atoms with Crippen LogP contribution in [-0.2, 0) is 16.0 Å². The van der Waals surface area contributed by atoms with Crippen LogP contribution in [0.1, 0.15) is 18.4 Å². The zero-order valence-electron chi connectivity index (χ0n) is 15.3. The van der Waals surface area contributed by atoms with Crippen molar-refractivity contribution >= 4 is 34.3 Å². The summed E-state index contributed by atoms with van der Waals surface area (Å²) >= 11 is 6.20. The van der Waals surface area contributed by atoms with Gasteiger partial charge >= 0.3 is 0 Å². The van der Waals surface area contributed by atoms with E-state index in [4.69, 9.17) is 11.6 Å². The third-order valence-corrected chi connectivity index (χ3v) is 5.35. The van der Waals surface area contributed by atoms with E-state index in [1.54, 1.807) is 12.1 Å². The fourth-order valence-electron chi connectivity index (χ4n) is 3.63. The molecule has 1 unspecified atom stereocenters. The summed E-state index contributed by atoms with van der Waals surface area (Å²) in [7, 11) is 0. The summed E-state index contributed by atoms with van der Waals surface area (Å²) in [6.45, 7) is 0.540. The van der Waals surface area contributed by atoms with Crippen LogP contribution < -0.4 is 10.6 Å². The summed E-state index contributed by atoms with van der Waals surface area (Å²) in [6, 6.07) is 7.94. The van der Waals surface area contributed by atoms with Gasteiger partial charge in [0.1, 0.15) is 17.7 Å². The Bertz CT molecular complexity index is 1100. The van der Waals surface area contributed by atoms with Gasteiger partial charge in [-0.2, -0.15) is 0 Å². The van der Waals surface area contributed by atoms with E-state index < -0.39 is 11.9 Å². The van der Waals surface area contributed by atoms with Gasteiger partial charge in [0.15, 0.2) is 0 Å². The predicted molar refractivity (Wildman–Crippen MR) is 107 cm³/mol. The molecule has 1 aliphatic heterocycles. The third-order valence-electron chi connectivity index (χ3n) is 5.05. The normalized spacial score (nSPS) is 16.2. The SMILES string of the molecule is O=C(CCc1c(-c2ccc(F)cc2)[nH]c2c(Cl)cc(F)cc12)NC1CCNC1=O. The number of hydrogen-bond acceptors (Lipinski definition) is 2. The molecule has 5 nitrogen and oxygen atoms in total. The van der Waals surface area contributed by atoms with E-state index in [1.807, 2.05) is 0 Å². The average Bonchev–Trinajstić information content (AvgIpc) is 3.24. The Hall–Kier alpha value is -2.93. The highest BCUT2D eigenvalue weighted by atomic mass is 35.5. The van der Waals surface area contributed by atoms with Crippen LogP contribution in [0.2, 0.25) is 5.02 Å². The maximum absolute atomic E-state index is 14.0. The Balaban J connectivity index is 1.65. The zero-order valence-corrected chi connectivity index (χ0v) is 16.1. The van der Waals surface area contributed by atoms with Crippen LogP contribution in [0.15, 0.2) is 36.4 Å². The second-order valence-corrected chi connectivity index (χ2v) is 7.40. The minimum atomic E-state index is -0.520. The first-order valence-corrected chi connectivity index (χ1v) is 9.63. The number of aromatic nitrogens is 1. The van der Waals surface area contributed by atoms with E-state index in [0.717, 1.165) is 0 Å². The van der Waals surface area contributed by atoms with E-state index in [2.05, 4.69) is 15.6 Å². The highest BCUT2D eigenvalue weighted by Crippen LogP contribution is 2.35. The van der Waals surface area contributed by atoms with Gasteiger partial charge in [-0.05, 0) is 60.4 Å². The van der Waals surface area contributed by atoms with Gasteiger partial charge in [0.2, 0.25) is 11.8 Å². The van der Waals surface area contributed by atoms with Crippen molar-refractivity contribution < 1.29 is 18.4 Å². The van der Waals surface area contributed by atoms with Crippen molar-refractivity contribution in [2.24, 2.45) is 0 Å². The lowest BCUT2D eigenvalue weighted by Crippen LogP contribution is -2.40. The fraction of sp³-hybridized carbons (Fsp3) is 0.238. The second-order valence-electron chi connectivity index (χ2n) is 7.00. The predicted octanol–water partition coefficient (Wildman–Crippen LogP) is 3.70. The molecule has 0 bridgehead atoms. The first-order chi connectivity index (χ1) is 13.9. The van der Waals surface area contributed by atoms with Gasteiger partial charge in [0.25, 0.3) is 0 Å². The largest absolute Gasteiger partial charge is 0.354 e. The monoisotopic (exact) mass is 417 g/mol. The molecule has 0 saturated carbocycles. The van der Waals surface area contributed by atoms with E-state index in [9.17, 15) is 18.4 Å². The number of halogens is 3. The van der Waals surface area contributed by atoms with Crippen LogP contribution in [0.3, 0.4) is 0 Å². The van der Waals surface area contributed by atoms with Crippen molar-refractivity contribution in [3.8, 4) is 11.3 Å². The summed E-state index contributed by atoms with van der Waals surface area (Å²) < 4.78 is 27.3. The van der Waals surface area contributed by atoms with Crippen LogP contribution in [-0.4, -0.2) is 29.4 Å². The number of H-pyrrole nitrogens is 1. The number of amides is 2. The molecule has 0 spiro atoms. The molecule has 1 atom stereocenters. The molecule has 1 saturated heterocycles. The highest BCUT2D eigenvalue weighted by molar-refractivity contribution is 6.35. The maximum Gasteiger partial charge on any atom is 0.242 e. The molecular formula is C21H18ClF2N3O2. The molecule has 150 valence electrons. The summed E-state index contributed by atoms with van der Waals surface area (Å²) in [6.07, 6.45) is 0.963. The van der Waals surface area contributed by atoms with E-state index in [-0.39, 0.29) is 29.1 Å². The Labute approximate surface area is 170 Å². The molecule has 3 N–H and O–H groups in total. The van der Waals surface area contributed by atoms with Crippen molar-refractivity contribution in [1.29, 1.82) is 0 Å². The number of carbonyl (C=O) groups is 2. The van der Waals surface area contributed by atoms with Gasteiger partial charge < -0.3 is 15.6 Å². The number of benzene rings is 2. The quantitative estimate of drug-likeness (QED) is 0.592. The summed E-state index contributed by atoms with van der Waals surface area (Å²) in [5, 5.41) is 6.18. The van der Waals surface area contributed by atoms with Crippen LogP contribution in [0.4, 0.5) is 8.78 Å². The van der Waals surface area contributed by atoms with Gasteiger partial charge in [0.05, 0.1) is 10.5 Å². The van der Waals surface area contributed by atoms with Crippen LogP contribution in [0.25, 0.3) is 22.2 Å². The third kappa shape index (κ3) is 3.96. The Morgan fingerprint density at radius 1 is 1.17 bits per heavy atom. The van der Waals surface area contributed by atoms with Gasteiger partial charge in [-0.3, -0.25) is 9.59 Å². The molecule has 1 aliphatic rings. The topological polar surface area (TPSA) is 74.0 Å². The number of aromatic amines is 1. The number of nitrogens with one attached hydrogen (secondary N) is 3. The molecule has 3 aromatic rings.